The number of ether oxygens (including phenoxy) is 1. The van der Waals surface area contributed by atoms with Gasteiger partial charge in [-0.25, -0.2) is 0 Å². The highest BCUT2D eigenvalue weighted by Gasteiger charge is 2.10. The van der Waals surface area contributed by atoms with Crippen molar-refractivity contribution in [3.05, 3.63) is 28.3 Å². The second-order valence-electron chi connectivity index (χ2n) is 3.18. The number of nitro benzene ring substituents is 1. The van der Waals surface area contributed by atoms with Gasteiger partial charge in [0.25, 0.3) is 5.69 Å². The third kappa shape index (κ3) is 3.07. The predicted molar refractivity (Wildman–Crippen MR) is 58.1 cm³/mol. The van der Waals surface area contributed by atoms with E-state index in [4.69, 9.17) is 21.3 Å². The molecule has 5 N–H and O–H groups in total. The molecule has 0 spiro atoms. The monoisotopic (exact) mass is 227 g/mol. The van der Waals surface area contributed by atoms with Crippen LogP contribution in [0.4, 0.5) is 11.4 Å². The quantitative estimate of drug-likeness (QED) is 0.365. The maximum Gasteiger partial charge on any atom is 0.271 e. The number of aliphatic hydroxyl groups is 1. The molecule has 0 amide bonds. The smallest absolute Gasteiger partial charge is 0.271 e. The molecule has 7 nitrogen and oxygen atoms in total. The van der Waals surface area contributed by atoms with Crippen LogP contribution in [0.3, 0.4) is 0 Å². The van der Waals surface area contributed by atoms with E-state index >= 15 is 0 Å². The molecule has 0 heterocycles. The fourth-order valence-electron chi connectivity index (χ4n) is 1.03. The molecule has 0 radical (unpaired) electrons. The Morgan fingerprint density at radius 1 is 1.56 bits per heavy atom. The Bertz CT molecular complexity index is 383. The topological polar surface area (TPSA) is 125 Å². The number of nitrogens with zero attached hydrogens (tertiary/aromatic N) is 1. The Balaban J connectivity index is 2.72. The molecule has 0 bridgehead atoms. The van der Waals surface area contributed by atoms with Crippen molar-refractivity contribution in [3.8, 4) is 5.75 Å². The van der Waals surface area contributed by atoms with Gasteiger partial charge in [0.2, 0.25) is 0 Å². The molecule has 1 aromatic rings. The number of hydrogen-bond donors (Lipinski definition) is 3. The standard InChI is InChI=1S/C9H13N3O4/c10-4-7(13)5-16-9-2-1-6(12(14)15)3-8(9)11/h1-3,7,13H,4-5,10-11H2. The minimum Gasteiger partial charge on any atom is -0.489 e. The fraction of sp³-hybridized carbons (Fsp3) is 0.333. The van der Waals surface area contributed by atoms with Gasteiger partial charge in [-0.1, -0.05) is 0 Å². The lowest BCUT2D eigenvalue weighted by Gasteiger charge is -2.11. The number of nitrogen functional groups attached to an aromatic ring is 1. The van der Waals surface area contributed by atoms with E-state index in [1.165, 1.54) is 18.2 Å². The van der Waals surface area contributed by atoms with Crippen LogP contribution in [0.5, 0.6) is 5.75 Å². The summed E-state index contributed by atoms with van der Waals surface area (Å²) in [7, 11) is 0. The first-order valence-corrected chi connectivity index (χ1v) is 4.59. The summed E-state index contributed by atoms with van der Waals surface area (Å²) in [5.41, 5.74) is 10.8. The molecule has 16 heavy (non-hydrogen) atoms. The lowest BCUT2D eigenvalue weighted by molar-refractivity contribution is -0.384. The Morgan fingerprint density at radius 3 is 2.75 bits per heavy atom. The first-order valence-electron chi connectivity index (χ1n) is 4.59. The van der Waals surface area contributed by atoms with Crippen LogP contribution < -0.4 is 16.2 Å². The van der Waals surface area contributed by atoms with Crippen molar-refractivity contribution in [2.24, 2.45) is 5.73 Å². The zero-order valence-electron chi connectivity index (χ0n) is 8.50. The van der Waals surface area contributed by atoms with E-state index in [2.05, 4.69) is 0 Å². The number of benzene rings is 1. The van der Waals surface area contributed by atoms with E-state index in [1.54, 1.807) is 0 Å². The van der Waals surface area contributed by atoms with E-state index in [0.717, 1.165) is 0 Å². The molecule has 1 aromatic carbocycles. The summed E-state index contributed by atoms with van der Waals surface area (Å²) in [6.45, 7) is 0.0748. The molecule has 0 saturated carbocycles. The van der Waals surface area contributed by atoms with Gasteiger partial charge in [-0.05, 0) is 6.07 Å². The largest absolute Gasteiger partial charge is 0.489 e. The molecule has 1 rings (SSSR count). The van der Waals surface area contributed by atoms with Gasteiger partial charge in [-0.3, -0.25) is 10.1 Å². The van der Waals surface area contributed by atoms with Crippen molar-refractivity contribution >= 4 is 11.4 Å². The van der Waals surface area contributed by atoms with Crippen LogP contribution in [0.2, 0.25) is 0 Å². The molecule has 0 aliphatic rings. The van der Waals surface area contributed by atoms with Gasteiger partial charge in [0, 0.05) is 18.7 Å². The molecule has 7 heteroatoms. The molecular weight excluding hydrogens is 214 g/mol. The van der Waals surface area contributed by atoms with Gasteiger partial charge in [0.15, 0.2) is 0 Å². The average Bonchev–Trinajstić information content (AvgIpc) is 2.26. The molecule has 0 aliphatic carbocycles. The number of hydrogen-bond acceptors (Lipinski definition) is 6. The van der Waals surface area contributed by atoms with Gasteiger partial charge in [0.05, 0.1) is 10.6 Å². The van der Waals surface area contributed by atoms with Crippen LogP contribution in [-0.2, 0) is 0 Å². The minimum atomic E-state index is -0.783. The van der Waals surface area contributed by atoms with Gasteiger partial charge < -0.3 is 21.3 Å². The summed E-state index contributed by atoms with van der Waals surface area (Å²) in [5.74, 6) is 0.290. The second kappa shape index (κ2) is 5.29. The average molecular weight is 227 g/mol. The van der Waals surface area contributed by atoms with Crippen molar-refractivity contribution in [1.29, 1.82) is 0 Å². The van der Waals surface area contributed by atoms with E-state index in [-0.39, 0.29) is 30.3 Å². The maximum atomic E-state index is 10.4. The lowest BCUT2D eigenvalue weighted by atomic mass is 10.2. The van der Waals surface area contributed by atoms with Crippen molar-refractivity contribution in [2.45, 2.75) is 6.10 Å². The maximum absolute atomic E-state index is 10.4. The Morgan fingerprint density at radius 2 is 2.25 bits per heavy atom. The number of aliphatic hydroxyl groups excluding tert-OH is 1. The first-order chi connectivity index (χ1) is 7.54. The zero-order chi connectivity index (χ0) is 12.1. The van der Waals surface area contributed by atoms with Gasteiger partial charge >= 0.3 is 0 Å². The number of rotatable bonds is 5. The summed E-state index contributed by atoms with van der Waals surface area (Å²) < 4.78 is 5.15. The fourth-order valence-corrected chi connectivity index (χ4v) is 1.03. The van der Waals surface area contributed by atoms with E-state index in [1.807, 2.05) is 0 Å². The first kappa shape index (κ1) is 12.2. The third-order valence-corrected chi connectivity index (χ3v) is 1.91. The SMILES string of the molecule is NCC(O)COc1ccc([N+](=O)[O-])cc1N. The summed E-state index contributed by atoms with van der Waals surface area (Å²) in [6, 6.07) is 3.86. The molecule has 1 unspecified atom stereocenters. The van der Waals surface area contributed by atoms with E-state index in [9.17, 15) is 10.1 Å². The number of non-ortho nitro benzene ring substituents is 1. The van der Waals surface area contributed by atoms with Crippen molar-refractivity contribution in [3.63, 3.8) is 0 Å². The van der Waals surface area contributed by atoms with Crippen LogP contribution in [0.1, 0.15) is 0 Å². The minimum absolute atomic E-state index is 0.00148. The molecule has 88 valence electrons. The van der Waals surface area contributed by atoms with E-state index < -0.39 is 11.0 Å². The van der Waals surface area contributed by atoms with Crippen molar-refractivity contribution in [2.75, 3.05) is 18.9 Å². The molecule has 0 fully saturated rings. The van der Waals surface area contributed by atoms with Crippen LogP contribution in [0, 0.1) is 10.1 Å². The Labute approximate surface area is 91.8 Å². The van der Waals surface area contributed by atoms with Crippen molar-refractivity contribution < 1.29 is 14.8 Å². The summed E-state index contributed by atoms with van der Waals surface area (Å²) in [5, 5.41) is 19.6. The van der Waals surface area contributed by atoms with Crippen LogP contribution in [-0.4, -0.2) is 29.3 Å². The molecule has 0 aliphatic heterocycles. The Hall–Kier alpha value is -1.86. The normalized spacial score (nSPS) is 12.1. The zero-order valence-corrected chi connectivity index (χ0v) is 8.50. The lowest BCUT2D eigenvalue weighted by Crippen LogP contribution is -2.26. The summed E-state index contributed by atoms with van der Waals surface area (Å²) >= 11 is 0. The van der Waals surface area contributed by atoms with Crippen molar-refractivity contribution in [1.82, 2.24) is 0 Å². The number of nitrogens with two attached hydrogens (primary N) is 2. The molecular formula is C9H13N3O4. The van der Waals surface area contributed by atoms with Gasteiger partial charge in [-0.2, -0.15) is 0 Å². The van der Waals surface area contributed by atoms with Gasteiger partial charge in [0.1, 0.15) is 18.5 Å². The highest BCUT2D eigenvalue weighted by Crippen LogP contribution is 2.26. The van der Waals surface area contributed by atoms with Crippen LogP contribution in [0.25, 0.3) is 0 Å². The predicted octanol–water partition coefficient (Wildman–Crippen LogP) is -0.125. The number of anilines is 1. The molecule has 0 saturated heterocycles. The Kier molecular flexibility index (Phi) is 4.03. The molecule has 1 atom stereocenters. The van der Waals surface area contributed by atoms with Crippen LogP contribution in [0.15, 0.2) is 18.2 Å². The van der Waals surface area contributed by atoms with Crippen LogP contribution >= 0.6 is 0 Å². The highest BCUT2D eigenvalue weighted by atomic mass is 16.6. The van der Waals surface area contributed by atoms with Gasteiger partial charge in [-0.15, -0.1) is 0 Å². The third-order valence-electron chi connectivity index (χ3n) is 1.91. The highest BCUT2D eigenvalue weighted by molar-refractivity contribution is 5.58. The van der Waals surface area contributed by atoms with E-state index in [0.29, 0.717) is 0 Å². The summed E-state index contributed by atoms with van der Waals surface area (Å²) in [6.07, 6.45) is -0.783. The summed E-state index contributed by atoms with van der Waals surface area (Å²) in [4.78, 5) is 9.88. The molecule has 0 aromatic heterocycles. The number of nitro groups is 1. The second-order valence-corrected chi connectivity index (χ2v) is 3.18.